The zero-order valence-electron chi connectivity index (χ0n) is 7.14. The topological polar surface area (TPSA) is 29.1 Å². The van der Waals surface area contributed by atoms with E-state index in [1.54, 1.807) is 0 Å². The predicted octanol–water partition coefficient (Wildman–Crippen LogP) is 1.71. The number of amides is 1. The maximum absolute atomic E-state index is 12.4. The fourth-order valence-corrected chi connectivity index (χ4v) is 0.869. The van der Waals surface area contributed by atoms with Gasteiger partial charge in [-0.2, -0.15) is 8.78 Å². The van der Waals surface area contributed by atoms with Crippen molar-refractivity contribution in [1.82, 2.24) is 5.32 Å². The van der Waals surface area contributed by atoms with Crippen LogP contribution in [-0.2, 0) is 11.3 Å². The number of carbonyl (C=O) groups is 1. The standard InChI is InChI=1S/C9H8F3NO/c10-7-3-1-6(2-4-7)5-13-9(14)8(11)12/h1-4,8H,5H2,(H,13,14). The van der Waals surface area contributed by atoms with Gasteiger partial charge >= 0.3 is 6.43 Å². The lowest BCUT2D eigenvalue weighted by Crippen LogP contribution is -2.28. The molecule has 1 amide bonds. The lowest BCUT2D eigenvalue weighted by molar-refractivity contribution is -0.131. The second-order valence-corrected chi connectivity index (χ2v) is 2.64. The number of carbonyl (C=O) groups excluding carboxylic acids is 1. The first-order valence-corrected chi connectivity index (χ1v) is 3.90. The smallest absolute Gasteiger partial charge is 0.315 e. The van der Waals surface area contributed by atoms with Gasteiger partial charge in [0.1, 0.15) is 5.82 Å². The Labute approximate surface area is 78.7 Å². The Morgan fingerprint density at radius 2 is 1.86 bits per heavy atom. The molecule has 0 saturated carbocycles. The molecule has 2 nitrogen and oxygen atoms in total. The minimum atomic E-state index is -3.02. The average molecular weight is 203 g/mol. The summed E-state index contributed by atoms with van der Waals surface area (Å²) < 4.78 is 35.9. The van der Waals surface area contributed by atoms with Crippen LogP contribution in [0.4, 0.5) is 13.2 Å². The van der Waals surface area contributed by atoms with E-state index in [-0.39, 0.29) is 6.54 Å². The fourth-order valence-electron chi connectivity index (χ4n) is 0.869. The summed E-state index contributed by atoms with van der Waals surface area (Å²) in [6.07, 6.45) is -3.02. The largest absolute Gasteiger partial charge is 0.347 e. The number of hydrogen-bond donors (Lipinski definition) is 1. The molecule has 0 unspecified atom stereocenters. The van der Waals surface area contributed by atoms with E-state index in [4.69, 9.17) is 0 Å². The number of alkyl halides is 2. The second-order valence-electron chi connectivity index (χ2n) is 2.64. The second kappa shape index (κ2) is 4.64. The molecule has 0 aliphatic heterocycles. The van der Waals surface area contributed by atoms with E-state index in [9.17, 15) is 18.0 Å². The summed E-state index contributed by atoms with van der Waals surface area (Å²) in [5.41, 5.74) is 0.570. The summed E-state index contributed by atoms with van der Waals surface area (Å²) in [7, 11) is 0. The highest BCUT2D eigenvalue weighted by atomic mass is 19.3. The Kier molecular flexibility index (Phi) is 3.50. The lowest BCUT2D eigenvalue weighted by atomic mass is 10.2. The molecule has 0 saturated heterocycles. The van der Waals surface area contributed by atoms with E-state index in [2.05, 4.69) is 0 Å². The summed E-state index contributed by atoms with van der Waals surface area (Å²) in [5.74, 6) is -1.73. The first-order valence-electron chi connectivity index (χ1n) is 3.90. The third kappa shape index (κ3) is 3.08. The molecular weight excluding hydrogens is 195 g/mol. The van der Waals surface area contributed by atoms with Gasteiger partial charge in [0.15, 0.2) is 0 Å². The van der Waals surface area contributed by atoms with Crippen LogP contribution >= 0.6 is 0 Å². The SMILES string of the molecule is O=C(NCc1ccc(F)cc1)C(F)F. The van der Waals surface area contributed by atoms with E-state index in [1.807, 2.05) is 5.32 Å². The summed E-state index contributed by atoms with van der Waals surface area (Å²) >= 11 is 0. The summed E-state index contributed by atoms with van der Waals surface area (Å²) in [6.45, 7) is -0.0244. The highest BCUT2D eigenvalue weighted by molar-refractivity contribution is 5.78. The number of nitrogens with one attached hydrogen (secondary N) is 1. The molecule has 1 N–H and O–H groups in total. The van der Waals surface area contributed by atoms with Gasteiger partial charge in [-0.25, -0.2) is 4.39 Å². The normalized spacial score (nSPS) is 10.3. The van der Waals surface area contributed by atoms with Crippen LogP contribution in [0.2, 0.25) is 0 Å². The molecule has 1 rings (SSSR count). The van der Waals surface area contributed by atoms with Crippen molar-refractivity contribution in [3.63, 3.8) is 0 Å². The Hall–Kier alpha value is -1.52. The minimum Gasteiger partial charge on any atom is -0.347 e. The highest BCUT2D eigenvalue weighted by Gasteiger charge is 2.13. The summed E-state index contributed by atoms with van der Waals surface area (Å²) in [4.78, 5) is 10.4. The molecule has 0 heterocycles. The van der Waals surface area contributed by atoms with Crippen LogP contribution in [0.5, 0.6) is 0 Å². The third-order valence-electron chi connectivity index (χ3n) is 1.58. The van der Waals surface area contributed by atoms with Crippen molar-refractivity contribution in [2.24, 2.45) is 0 Å². The maximum Gasteiger partial charge on any atom is 0.315 e. The van der Waals surface area contributed by atoms with Crippen molar-refractivity contribution in [2.75, 3.05) is 0 Å². The molecule has 5 heteroatoms. The van der Waals surface area contributed by atoms with Gasteiger partial charge in [0.05, 0.1) is 0 Å². The maximum atomic E-state index is 12.4. The van der Waals surface area contributed by atoms with Crippen LogP contribution in [0.25, 0.3) is 0 Å². The van der Waals surface area contributed by atoms with Crippen LogP contribution in [0, 0.1) is 5.82 Å². The molecule has 0 aliphatic rings. The van der Waals surface area contributed by atoms with E-state index >= 15 is 0 Å². The Balaban J connectivity index is 2.46. The molecule has 1 aromatic carbocycles. The average Bonchev–Trinajstić information content (AvgIpc) is 2.16. The van der Waals surface area contributed by atoms with Gasteiger partial charge in [-0.15, -0.1) is 0 Å². The molecule has 0 atom stereocenters. The Bertz CT molecular complexity index is 310. The Morgan fingerprint density at radius 1 is 1.29 bits per heavy atom. The first-order chi connectivity index (χ1) is 6.59. The van der Waals surface area contributed by atoms with Crippen molar-refractivity contribution in [3.05, 3.63) is 35.6 Å². The van der Waals surface area contributed by atoms with E-state index in [0.717, 1.165) is 0 Å². The number of halogens is 3. The molecule has 0 bridgehead atoms. The van der Waals surface area contributed by atoms with E-state index in [0.29, 0.717) is 5.56 Å². The van der Waals surface area contributed by atoms with Gasteiger partial charge in [-0.1, -0.05) is 12.1 Å². The van der Waals surface area contributed by atoms with Crippen LogP contribution in [-0.4, -0.2) is 12.3 Å². The zero-order chi connectivity index (χ0) is 10.6. The van der Waals surface area contributed by atoms with Crippen LogP contribution in [0.3, 0.4) is 0 Å². The molecule has 0 spiro atoms. The van der Waals surface area contributed by atoms with Gasteiger partial charge in [0, 0.05) is 6.54 Å². The minimum absolute atomic E-state index is 0.0244. The molecule has 0 aliphatic carbocycles. The monoisotopic (exact) mass is 203 g/mol. The van der Waals surface area contributed by atoms with Crippen molar-refractivity contribution in [2.45, 2.75) is 13.0 Å². The molecule has 0 aromatic heterocycles. The summed E-state index contributed by atoms with van der Waals surface area (Å²) in [5, 5.41) is 2.01. The third-order valence-corrected chi connectivity index (χ3v) is 1.58. The van der Waals surface area contributed by atoms with Crippen molar-refractivity contribution >= 4 is 5.91 Å². The molecule has 14 heavy (non-hydrogen) atoms. The Morgan fingerprint density at radius 3 is 2.36 bits per heavy atom. The summed E-state index contributed by atoms with van der Waals surface area (Å²) in [6, 6.07) is 5.23. The van der Waals surface area contributed by atoms with Gasteiger partial charge in [-0.3, -0.25) is 4.79 Å². The van der Waals surface area contributed by atoms with Gasteiger partial charge < -0.3 is 5.32 Å². The number of benzene rings is 1. The quantitative estimate of drug-likeness (QED) is 0.796. The van der Waals surface area contributed by atoms with Gasteiger partial charge in [0.25, 0.3) is 5.91 Å². The van der Waals surface area contributed by atoms with Gasteiger partial charge in [-0.05, 0) is 17.7 Å². The number of rotatable bonds is 3. The molecule has 76 valence electrons. The predicted molar refractivity (Wildman–Crippen MR) is 44.3 cm³/mol. The van der Waals surface area contributed by atoms with Gasteiger partial charge in [0.2, 0.25) is 0 Å². The lowest BCUT2D eigenvalue weighted by Gasteiger charge is -2.03. The highest BCUT2D eigenvalue weighted by Crippen LogP contribution is 2.02. The van der Waals surface area contributed by atoms with Crippen LogP contribution in [0.1, 0.15) is 5.56 Å². The zero-order valence-corrected chi connectivity index (χ0v) is 7.14. The first kappa shape index (κ1) is 10.6. The number of hydrogen-bond acceptors (Lipinski definition) is 1. The van der Waals surface area contributed by atoms with Crippen molar-refractivity contribution in [3.8, 4) is 0 Å². The van der Waals surface area contributed by atoms with Crippen LogP contribution in [0.15, 0.2) is 24.3 Å². The van der Waals surface area contributed by atoms with Crippen LogP contribution < -0.4 is 5.32 Å². The molecule has 0 fully saturated rings. The van der Waals surface area contributed by atoms with E-state index < -0.39 is 18.1 Å². The molecule has 1 aromatic rings. The van der Waals surface area contributed by atoms with E-state index in [1.165, 1.54) is 24.3 Å². The van der Waals surface area contributed by atoms with Crippen molar-refractivity contribution in [1.29, 1.82) is 0 Å². The van der Waals surface area contributed by atoms with Crippen molar-refractivity contribution < 1.29 is 18.0 Å². The fraction of sp³-hybridized carbons (Fsp3) is 0.222. The molecule has 0 radical (unpaired) electrons. The molecular formula is C9H8F3NO.